The van der Waals surface area contributed by atoms with Gasteiger partial charge in [0, 0.05) is 0 Å². The average Bonchev–Trinajstić information content (AvgIpc) is 3.17. The molecule has 0 aromatic rings. The van der Waals surface area contributed by atoms with E-state index in [-0.39, 0.29) is 17.2 Å². The lowest BCUT2D eigenvalue weighted by Gasteiger charge is -2.36. The highest BCUT2D eigenvalue weighted by atomic mass is 28.4. The Kier molecular flexibility index (Phi) is 6.00. The lowest BCUT2D eigenvalue weighted by molar-refractivity contribution is 0.0371. The number of hydrogen-bond acceptors (Lipinski definition) is 3. The smallest absolute Gasteiger partial charge is 0.411 e. The molecular formula is C20H39NO3Si. The molecule has 0 N–H and O–H groups in total. The Hall–Kier alpha value is -0.553. The highest BCUT2D eigenvalue weighted by molar-refractivity contribution is 6.74. The van der Waals surface area contributed by atoms with Crippen molar-refractivity contribution in [1.82, 2.24) is 4.90 Å². The van der Waals surface area contributed by atoms with Gasteiger partial charge in [-0.1, -0.05) is 40.0 Å². The molecule has 1 aliphatic heterocycles. The molecule has 1 heterocycles. The van der Waals surface area contributed by atoms with Gasteiger partial charge in [-0.15, -0.1) is 0 Å². The highest BCUT2D eigenvalue weighted by Crippen LogP contribution is 2.44. The summed E-state index contributed by atoms with van der Waals surface area (Å²) in [7, 11) is -1.80. The standard InChI is InChI=1S/C20H39NO3Si/c1-19(2,3)24-18(22)21-16(14-23-25(7,8)20(4,5)6)17(21)15-12-10-9-11-13-15/h15-17H,9-14H2,1-8H3/t16-,17-,21?/m0/s1. The van der Waals surface area contributed by atoms with Crippen LogP contribution in [0.4, 0.5) is 4.79 Å². The molecule has 0 aromatic heterocycles. The van der Waals surface area contributed by atoms with Crippen molar-refractivity contribution in [2.45, 2.75) is 109 Å². The molecule has 0 bridgehead atoms. The predicted molar refractivity (Wildman–Crippen MR) is 105 cm³/mol. The monoisotopic (exact) mass is 369 g/mol. The van der Waals surface area contributed by atoms with Gasteiger partial charge in [0.05, 0.1) is 18.7 Å². The maximum absolute atomic E-state index is 12.7. The Balaban J connectivity index is 2.03. The summed E-state index contributed by atoms with van der Waals surface area (Å²) in [6.45, 7) is 17.8. The number of carbonyl (C=O) groups excluding carboxylic acids is 1. The maximum Gasteiger partial charge on any atom is 0.411 e. The minimum atomic E-state index is -1.80. The third kappa shape index (κ3) is 5.22. The van der Waals surface area contributed by atoms with Crippen LogP contribution in [0, 0.1) is 5.92 Å². The molecule has 0 unspecified atom stereocenters. The fourth-order valence-corrected chi connectivity index (χ4v) is 4.60. The van der Waals surface area contributed by atoms with Gasteiger partial charge >= 0.3 is 6.09 Å². The fourth-order valence-electron chi connectivity index (χ4n) is 3.58. The van der Waals surface area contributed by atoms with Crippen LogP contribution in [0.15, 0.2) is 0 Å². The van der Waals surface area contributed by atoms with Crippen LogP contribution in [0.25, 0.3) is 0 Å². The summed E-state index contributed by atoms with van der Waals surface area (Å²) in [6.07, 6.45) is 6.23. The van der Waals surface area contributed by atoms with Crippen molar-refractivity contribution in [3.63, 3.8) is 0 Å². The van der Waals surface area contributed by atoms with E-state index in [1.165, 1.54) is 32.1 Å². The first-order valence-electron chi connectivity index (χ1n) is 9.99. The van der Waals surface area contributed by atoms with Crippen LogP contribution in [0.1, 0.15) is 73.6 Å². The Bertz CT molecular complexity index is 472. The lowest BCUT2D eigenvalue weighted by atomic mass is 9.86. The van der Waals surface area contributed by atoms with Gasteiger partial charge in [-0.3, -0.25) is 4.90 Å². The molecule has 25 heavy (non-hydrogen) atoms. The van der Waals surface area contributed by atoms with Crippen molar-refractivity contribution < 1.29 is 14.0 Å². The third-order valence-corrected chi connectivity index (χ3v) is 10.6. The first-order valence-corrected chi connectivity index (χ1v) is 12.9. The Labute approximate surface area is 155 Å². The number of hydrogen-bond donors (Lipinski definition) is 0. The summed E-state index contributed by atoms with van der Waals surface area (Å²) in [6, 6.07) is 0.520. The van der Waals surface area contributed by atoms with Gasteiger partial charge in [-0.05, 0) is 57.7 Å². The Morgan fingerprint density at radius 1 is 1.04 bits per heavy atom. The van der Waals surface area contributed by atoms with Crippen molar-refractivity contribution in [2.24, 2.45) is 5.92 Å². The summed E-state index contributed by atoms with van der Waals surface area (Å²) in [5.74, 6) is 0.620. The molecule has 5 heteroatoms. The fraction of sp³-hybridized carbons (Fsp3) is 0.950. The third-order valence-electron chi connectivity index (χ3n) is 6.14. The topological polar surface area (TPSA) is 38.5 Å². The van der Waals surface area contributed by atoms with Crippen LogP contribution in [0.2, 0.25) is 18.1 Å². The van der Waals surface area contributed by atoms with E-state index in [9.17, 15) is 4.79 Å². The van der Waals surface area contributed by atoms with Crippen LogP contribution < -0.4 is 0 Å². The molecule has 146 valence electrons. The van der Waals surface area contributed by atoms with Gasteiger partial charge in [-0.2, -0.15) is 0 Å². The number of rotatable bonds is 4. The van der Waals surface area contributed by atoms with E-state index in [0.29, 0.717) is 18.6 Å². The second-order valence-electron chi connectivity index (χ2n) is 10.4. The SMILES string of the molecule is CC(C)(C)OC(=O)N1[C@@H](CO[Si](C)(C)C(C)(C)C)[C@@H]1C1CCCCC1. The molecule has 2 aliphatic rings. The van der Waals surface area contributed by atoms with Gasteiger partial charge in [0.1, 0.15) is 5.60 Å². The minimum Gasteiger partial charge on any atom is -0.444 e. The first kappa shape index (κ1) is 20.8. The van der Waals surface area contributed by atoms with Crippen molar-refractivity contribution >= 4 is 14.4 Å². The summed E-state index contributed by atoms with van der Waals surface area (Å²) < 4.78 is 12.1. The number of ether oxygens (including phenoxy) is 1. The zero-order valence-corrected chi connectivity index (χ0v) is 18.6. The van der Waals surface area contributed by atoms with Gasteiger partial charge in [-0.25, -0.2) is 4.79 Å². The van der Waals surface area contributed by atoms with Crippen LogP contribution in [-0.4, -0.2) is 43.6 Å². The van der Waals surface area contributed by atoms with Gasteiger partial charge in [0.25, 0.3) is 0 Å². The molecule has 2 fully saturated rings. The van der Waals surface area contributed by atoms with Crippen molar-refractivity contribution in [2.75, 3.05) is 6.61 Å². The summed E-state index contributed by atoms with van der Waals surface area (Å²) in [4.78, 5) is 14.6. The molecule has 0 spiro atoms. The second-order valence-corrected chi connectivity index (χ2v) is 15.2. The second kappa shape index (κ2) is 7.22. The molecule has 1 amide bonds. The molecule has 1 aliphatic carbocycles. The largest absolute Gasteiger partial charge is 0.444 e. The molecule has 1 saturated heterocycles. The molecule has 4 nitrogen and oxygen atoms in total. The molecule has 1 saturated carbocycles. The van der Waals surface area contributed by atoms with Crippen molar-refractivity contribution in [3.8, 4) is 0 Å². The Morgan fingerprint density at radius 2 is 1.60 bits per heavy atom. The summed E-state index contributed by atoms with van der Waals surface area (Å²) >= 11 is 0. The zero-order valence-electron chi connectivity index (χ0n) is 17.6. The van der Waals surface area contributed by atoms with Crippen LogP contribution in [-0.2, 0) is 9.16 Å². The quantitative estimate of drug-likeness (QED) is 0.480. The Morgan fingerprint density at radius 3 is 2.08 bits per heavy atom. The minimum absolute atomic E-state index is 0.160. The first-order chi connectivity index (χ1) is 11.3. The molecule has 0 radical (unpaired) electrons. The molecule has 2 rings (SSSR count). The van der Waals surface area contributed by atoms with Crippen LogP contribution >= 0.6 is 0 Å². The number of carbonyl (C=O) groups is 1. The van der Waals surface area contributed by atoms with E-state index < -0.39 is 13.9 Å². The van der Waals surface area contributed by atoms with Crippen LogP contribution in [0.5, 0.6) is 0 Å². The van der Waals surface area contributed by atoms with E-state index in [1.54, 1.807) is 0 Å². The lowest BCUT2D eigenvalue weighted by Crippen LogP contribution is -2.42. The van der Waals surface area contributed by atoms with E-state index in [1.807, 2.05) is 25.7 Å². The molecular weight excluding hydrogens is 330 g/mol. The number of nitrogens with zero attached hydrogens (tertiary/aromatic N) is 1. The predicted octanol–water partition coefficient (Wildman–Crippen LogP) is 5.58. The normalized spacial score (nSPS) is 25.8. The highest BCUT2D eigenvalue weighted by Gasteiger charge is 2.56. The molecule has 2 atom stereocenters. The zero-order chi connectivity index (χ0) is 19.0. The van der Waals surface area contributed by atoms with E-state index in [2.05, 4.69) is 33.9 Å². The van der Waals surface area contributed by atoms with Gasteiger partial charge < -0.3 is 9.16 Å². The van der Waals surface area contributed by atoms with Gasteiger partial charge in [0.15, 0.2) is 8.32 Å². The summed E-state index contributed by atoms with van der Waals surface area (Å²) in [5.41, 5.74) is -0.443. The maximum atomic E-state index is 12.7. The average molecular weight is 370 g/mol. The van der Waals surface area contributed by atoms with E-state index >= 15 is 0 Å². The van der Waals surface area contributed by atoms with Crippen LogP contribution in [0.3, 0.4) is 0 Å². The summed E-state index contributed by atoms with van der Waals surface area (Å²) in [5, 5.41) is 0.193. The van der Waals surface area contributed by atoms with E-state index in [0.717, 1.165) is 0 Å². The number of amides is 1. The van der Waals surface area contributed by atoms with Crippen molar-refractivity contribution in [1.29, 1.82) is 0 Å². The van der Waals surface area contributed by atoms with E-state index in [4.69, 9.17) is 9.16 Å². The van der Waals surface area contributed by atoms with Gasteiger partial charge in [0.2, 0.25) is 0 Å². The van der Waals surface area contributed by atoms with Crippen molar-refractivity contribution in [3.05, 3.63) is 0 Å². The molecule has 0 aromatic carbocycles.